The lowest BCUT2D eigenvalue weighted by Crippen LogP contribution is -2.49. The summed E-state index contributed by atoms with van der Waals surface area (Å²) in [5.74, 6) is 0.237. The molecular formula is C22H23N3O4. The molecule has 2 aliphatic heterocycles. The summed E-state index contributed by atoms with van der Waals surface area (Å²) in [7, 11) is 1.57. The zero-order valence-electron chi connectivity index (χ0n) is 16.5. The number of hydrogen-bond donors (Lipinski definition) is 1. The van der Waals surface area contributed by atoms with E-state index in [2.05, 4.69) is 5.32 Å². The van der Waals surface area contributed by atoms with E-state index < -0.39 is 11.6 Å². The van der Waals surface area contributed by atoms with Gasteiger partial charge in [0, 0.05) is 12.1 Å². The molecule has 2 aromatic rings. The second-order valence-electron chi connectivity index (χ2n) is 7.59. The number of ether oxygens (including phenoxy) is 1. The summed E-state index contributed by atoms with van der Waals surface area (Å²) in [5.41, 5.74) is 1.49. The van der Waals surface area contributed by atoms with Crippen LogP contribution in [-0.4, -0.2) is 53.4 Å². The number of likely N-dealkylation sites (tertiary alicyclic amines) is 1. The van der Waals surface area contributed by atoms with Gasteiger partial charge in [0.15, 0.2) is 0 Å². The molecule has 150 valence electrons. The Labute approximate surface area is 169 Å². The Kier molecular flexibility index (Phi) is 4.74. The minimum Gasteiger partial charge on any atom is -0.497 e. The van der Waals surface area contributed by atoms with E-state index in [0.717, 1.165) is 11.1 Å². The van der Waals surface area contributed by atoms with Crippen LogP contribution in [0.2, 0.25) is 0 Å². The van der Waals surface area contributed by atoms with Gasteiger partial charge in [-0.3, -0.25) is 14.5 Å². The number of benzene rings is 2. The summed E-state index contributed by atoms with van der Waals surface area (Å²) in [6, 6.07) is 14.2. The molecule has 2 fully saturated rings. The average molecular weight is 393 g/mol. The maximum atomic E-state index is 13.1. The number of hydrogen-bond acceptors (Lipinski definition) is 4. The summed E-state index contributed by atoms with van der Waals surface area (Å²) in [4.78, 5) is 41.3. The van der Waals surface area contributed by atoms with Crippen LogP contribution < -0.4 is 10.1 Å². The minimum absolute atomic E-state index is 0.163. The fourth-order valence-electron chi connectivity index (χ4n) is 3.87. The van der Waals surface area contributed by atoms with Crippen molar-refractivity contribution >= 4 is 17.8 Å². The maximum Gasteiger partial charge on any atom is 0.325 e. The first-order valence-corrected chi connectivity index (χ1v) is 9.55. The van der Waals surface area contributed by atoms with Gasteiger partial charge in [0.25, 0.3) is 11.8 Å². The molecule has 4 rings (SSSR count). The lowest BCUT2D eigenvalue weighted by molar-refractivity contribution is -0.131. The van der Waals surface area contributed by atoms with Crippen molar-refractivity contribution in [2.75, 3.05) is 20.2 Å². The number of amides is 4. The molecule has 1 atom stereocenters. The summed E-state index contributed by atoms with van der Waals surface area (Å²) in [6.07, 6.45) is 0.407. The first-order valence-electron chi connectivity index (χ1n) is 9.55. The summed E-state index contributed by atoms with van der Waals surface area (Å²) in [6.45, 7) is 2.79. The minimum atomic E-state index is -1.04. The Bertz CT molecular complexity index is 955. The largest absolute Gasteiger partial charge is 0.497 e. The number of carbonyl (C=O) groups excluding carboxylic acids is 3. The van der Waals surface area contributed by atoms with Crippen molar-refractivity contribution in [2.45, 2.75) is 25.4 Å². The third-order valence-corrected chi connectivity index (χ3v) is 5.60. The van der Waals surface area contributed by atoms with Crippen molar-refractivity contribution in [3.05, 3.63) is 65.2 Å². The molecular weight excluding hydrogens is 370 g/mol. The first kappa shape index (κ1) is 19.0. The highest BCUT2D eigenvalue weighted by Crippen LogP contribution is 2.30. The molecule has 1 unspecified atom stereocenters. The summed E-state index contributed by atoms with van der Waals surface area (Å²) >= 11 is 0. The van der Waals surface area contributed by atoms with Crippen LogP contribution in [0.1, 0.15) is 27.9 Å². The van der Waals surface area contributed by atoms with Gasteiger partial charge in [0.2, 0.25) is 0 Å². The molecule has 0 saturated carbocycles. The molecule has 0 aliphatic carbocycles. The number of imide groups is 1. The Morgan fingerprint density at radius 1 is 1.10 bits per heavy atom. The summed E-state index contributed by atoms with van der Waals surface area (Å²) < 4.78 is 5.12. The SMILES string of the molecule is COc1ccc(C(=O)N2CCC3(C2)NC(=O)N(Cc2ccc(C)cc2)C3=O)cc1. The van der Waals surface area contributed by atoms with E-state index >= 15 is 0 Å². The van der Waals surface area contributed by atoms with Crippen LogP contribution in [0.5, 0.6) is 5.75 Å². The van der Waals surface area contributed by atoms with Gasteiger partial charge in [-0.1, -0.05) is 29.8 Å². The van der Waals surface area contributed by atoms with Crippen molar-refractivity contribution in [3.8, 4) is 5.75 Å². The molecule has 4 amide bonds. The highest BCUT2D eigenvalue weighted by Gasteiger charge is 2.55. The molecule has 7 heteroatoms. The molecule has 2 aromatic carbocycles. The Hall–Kier alpha value is -3.35. The second kappa shape index (κ2) is 7.24. The fourth-order valence-corrected chi connectivity index (χ4v) is 3.87. The van der Waals surface area contributed by atoms with Crippen LogP contribution in [0, 0.1) is 6.92 Å². The predicted octanol–water partition coefficient (Wildman–Crippen LogP) is 2.34. The normalized spacial score (nSPS) is 21.0. The van der Waals surface area contributed by atoms with E-state index in [1.165, 1.54) is 4.90 Å². The Balaban J connectivity index is 1.47. The molecule has 0 bridgehead atoms. The lowest BCUT2D eigenvalue weighted by atomic mass is 9.99. The average Bonchev–Trinajstić information content (AvgIpc) is 3.26. The Morgan fingerprint density at radius 3 is 2.45 bits per heavy atom. The van der Waals surface area contributed by atoms with Crippen LogP contribution in [0.3, 0.4) is 0 Å². The maximum absolute atomic E-state index is 13.1. The number of nitrogens with zero attached hydrogens (tertiary/aromatic N) is 2. The zero-order chi connectivity index (χ0) is 20.6. The fraction of sp³-hybridized carbons (Fsp3) is 0.318. The third-order valence-electron chi connectivity index (χ3n) is 5.60. The molecule has 7 nitrogen and oxygen atoms in total. The molecule has 1 spiro atoms. The second-order valence-corrected chi connectivity index (χ2v) is 7.59. The number of carbonyl (C=O) groups is 3. The van der Waals surface area contributed by atoms with Gasteiger partial charge in [-0.2, -0.15) is 0 Å². The topological polar surface area (TPSA) is 79.0 Å². The lowest BCUT2D eigenvalue weighted by Gasteiger charge is -2.22. The molecule has 2 aliphatic rings. The number of methoxy groups -OCH3 is 1. The smallest absolute Gasteiger partial charge is 0.325 e. The van der Waals surface area contributed by atoms with Gasteiger partial charge in [-0.25, -0.2) is 4.79 Å². The van der Waals surface area contributed by atoms with Crippen LogP contribution in [0.15, 0.2) is 48.5 Å². The zero-order valence-corrected chi connectivity index (χ0v) is 16.5. The number of rotatable bonds is 4. The van der Waals surface area contributed by atoms with Crippen LogP contribution in [0.25, 0.3) is 0 Å². The summed E-state index contributed by atoms with van der Waals surface area (Å²) in [5, 5.41) is 2.84. The molecule has 2 saturated heterocycles. The van der Waals surface area contributed by atoms with E-state index in [9.17, 15) is 14.4 Å². The molecule has 29 heavy (non-hydrogen) atoms. The number of urea groups is 1. The van der Waals surface area contributed by atoms with E-state index in [-0.39, 0.29) is 24.9 Å². The Morgan fingerprint density at radius 2 is 1.79 bits per heavy atom. The van der Waals surface area contributed by atoms with Gasteiger partial charge in [-0.15, -0.1) is 0 Å². The molecule has 0 radical (unpaired) electrons. The molecule has 0 aromatic heterocycles. The highest BCUT2D eigenvalue weighted by molar-refractivity contribution is 6.08. The van der Waals surface area contributed by atoms with Crippen molar-refractivity contribution in [1.82, 2.24) is 15.1 Å². The number of aryl methyl sites for hydroxylation is 1. The standard InChI is InChI=1S/C22H23N3O4/c1-15-3-5-16(6-4-15)13-25-20(27)22(23-21(25)28)11-12-24(14-22)19(26)17-7-9-18(29-2)10-8-17/h3-10H,11-14H2,1-2H3,(H,23,28). The molecule has 2 heterocycles. The number of nitrogens with one attached hydrogen (secondary N) is 1. The van der Waals surface area contributed by atoms with Gasteiger partial charge in [0.05, 0.1) is 20.2 Å². The predicted molar refractivity (Wildman–Crippen MR) is 107 cm³/mol. The van der Waals surface area contributed by atoms with E-state index in [0.29, 0.717) is 24.3 Å². The van der Waals surface area contributed by atoms with Crippen molar-refractivity contribution in [1.29, 1.82) is 0 Å². The quantitative estimate of drug-likeness (QED) is 0.809. The highest BCUT2D eigenvalue weighted by atomic mass is 16.5. The first-order chi connectivity index (χ1) is 13.9. The van der Waals surface area contributed by atoms with Crippen molar-refractivity contribution in [3.63, 3.8) is 0 Å². The van der Waals surface area contributed by atoms with E-state index in [1.54, 1.807) is 36.3 Å². The van der Waals surface area contributed by atoms with Crippen LogP contribution >= 0.6 is 0 Å². The third kappa shape index (κ3) is 3.44. The van der Waals surface area contributed by atoms with Crippen molar-refractivity contribution < 1.29 is 19.1 Å². The van der Waals surface area contributed by atoms with Gasteiger partial charge < -0.3 is 15.0 Å². The van der Waals surface area contributed by atoms with Gasteiger partial charge in [-0.05, 0) is 43.2 Å². The molecule has 1 N–H and O–H groups in total. The van der Waals surface area contributed by atoms with Crippen LogP contribution in [0.4, 0.5) is 4.79 Å². The van der Waals surface area contributed by atoms with Crippen LogP contribution in [-0.2, 0) is 11.3 Å². The van der Waals surface area contributed by atoms with E-state index in [4.69, 9.17) is 4.74 Å². The van der Waals surface area contributed by atoms with Crippen molar-refractivity contribution in [2.24, 2.45) is 0 Å². The van der Waals surface area contributed by atoms with Gasteiger partial charge in [0.1, 0.15) is 11.3 Å². The van der Waals surface area contributed by atoms with Gasteiger partial charge >= 0.3 is 6.03 Å². The monoisotopic (exact) mass is 393 g/mol. The van der Waals surface area contributed by atoms with E-state index in [1.807, 2.05) is 31.2 Å².